The molecule has 0 radical (unpaired) electrons. The zero-order chi connectivity index (χ0) is 13.9. The van der Waals surface area contributed by atoms with Crippen LogP contribution in [0.1, 0.15) is 11.1 Å². The third kappa shape index (κ3) is 2.69. The van der Waals surface area contributed by atoms with Crippen molar-refractivity contribution < 1.29 is 8.42 Å². The van der Waals surface area contributed by atoms with Gasteiger partial charge < -0.3 is 5.73 Å². The summed E-state index contributed by atoms with van der Waals surface area (Å²) < 4.78 is 25.1. The van der Waals surface area contributed by atoms with Gasteiger partial charge in [-0.05, 0) is 24.6 Å². The molecule has 19 heavy (non-hydrogen) atoms. The highest BCUT2D eigenvalue weighted by Gasteiger charge is 2.21. The molecule has 2 rings (SSSR count). The lowest BCUT2D eigenvalue weighted by Crippen LogP contribution is -2.06. The van der Waals surface area contributed by atoms with Gasteiger partial charge in [0.1, 0.15) is 0 Å². The van der Waals surface area contributed by atoms with E-state index in [0.717, 1.165) is 11.8 Å². The van der Waals surface area contributed by atoms with Gasteiger partial charge in [-0.15, -0.1) is 0 Å². The Kier molecular flexibility index (Phi) is 3.71. The fraction of sp³-hybridized carbons (Fsp3) is 0.0667. The van der Waals surface area contributed by atoms with Gasteiger partial charge in [0.05, 0.1) is 9.80 Å². The van der Waals surface area contributed by atoms with E-state index in [0.29, 0.717) is 5.56 Å². The lowest BCUT2D eigenvalue weighted by Gasteiger charge is -2.09. The third-order valence-electron chi connectivity index (χ3n) is 2.83. The Bertz CT molecular complexity index is 687. The van der Waals surface area contributed by atoms with Crippen LogP contribution < -0.4 is 5.73 Å². The van der Waals surface area contributed by atoms with Gasteiger partial charge in [0, 0.05) is 6.20 Å². The molecule has 0 aliphatic rings. The van der Waals surface area contributed by atoms with Crippen LogP contribution in [0, 0.1) is 6.92 Å². The maximum absolute atomic E-state index is 12.5. The summed E-state index contributed by atoms with van der Waals surface area (Å²) in [7, 11) is -3.58. The van der Waals surface area contributed by atoms with E-state index in [1.54, 1.807) is 48.5 Å². The molecule has 0 saturated carbocycles. The summed E-state index contributed by atoms with van der Waals surface area (Å²) in [6.45, 7) is 1.91. The largest absolute Gasteiger partial charge is 0.404 e. The van der Waals surface area contributed by atoms with E-state index in [4.69, 9.17) is 5.73 Å². The summed E-state index contributed by atoms with van der Waals surface area (Å²) in [6.07, 6.45) is 1.14. The van der Waals surface area contributed by atoms with Crippen molar-refractivity contribution in [2.45, 2.75) is 11.8 Å². The predicted octanol–water partition coefficient (Wildman–Crippen LogP) is 2.73. The molecule has 98 valence electrons. The second-order valence-corrected chi connectivity index (χ2v) is 6.13. The van der Waals surface area contributed by atoms with Gasteiger partial charge in [-0.1, -0.05) is 48.0 Å². The average Bonchev–Trinajstić information content (AvgIpc) is 2.41. The highest BCUT2D eigenvalue weighted by Crippen LogP contribution is 2.27. The van der Waals surface area contributed by atoms with Crippen LogP contribution in [0.15, 0.2) is 65.7 Å². The standard InChI is InChI=1S/C15H15NO2S/c1-12-7-9-14(10-8-12)19(17,18)15(11-16)13-5-3-2-4-6-13/h2-11H,16H2,1H3/b15-11+. The van der Waals surface area contributed by atoms with Crippen molar-refractivity contribution in [1.82, 2.24) is 0 Å². The number of aryl methyl sites for hydroxylation is 1. The van der Waals surface area contributed by atoms with Crippen LogP contribution in [0.4, 0.5) is 0 Å². The molecule has 0 heterocycles. The van der Waals surface area contributed by atoms with Crippen molar-refractivity contribution in [2.75, 3.05) is 0 Å². The lowest BCUT2D eigenvalue weighted by molar-refractivity contribution is 0.606. The van der Waals surface area contributed by atoms with Crippen molar-refractivity contribution in [3.63, 3.8) is 0 Å². The first kappa shape index (κ1) is 13.4. The summed E-state index contributed by atoms with van der Waals surface area (Å²) in [5.41, 5.74) is 7.12. The molecule has 2 aromatic rings. The van der Waals surface area contributed by atoms with Crippen molar-refractivity contribution in [2.24, 2.45) is 5.73 Å². The summed E-state index contributed by atoms with van der Waals surface area (Å²) in [5, 5.41) is 0. The summed E-state index contributed by atoms with van der Waals surface area (Å²) >= 11 is 0. The topological polar surface area (TPSA) is 60.2 Å². The van der Waals surface area contributed by atoms with Crippen LogP contribution in [-0.4, -0.2) is 8.42 Å². The third-order valence-corrected chi connectivity index (χ3v) is 4.67. The monoisotopic (exact) mass is 273 g/mol. The SMILES string of the molecule is Cc1ccc(S(=O)(=O)/C(=C/N)c2ccccc2)cc1. The van der Waals surface area contributed by atoms with Crippen LogP contribution in [0.3, 0.4) is 0 Å². The predicted molar refractivity (Wildman–Crippen MR) is 77.0 cm³/mol. The molecule has 0 bridgehead atoms. The Balaban J connectivity index is 2.52. The van der Waals surface area contributed by atoms with E-state index >= 15 is 0 Å². The van der Waals surface area contributed by atoms with E-state index in [9.17, 15) is 8.42 Å². The minimum absolute atomic E-state index is 0.122. The summed E-state index contributed by atoms with van der Waals surface area (Å²) in [6, 6.07) is 15.6. The van der Waals surface area contributed by atoms with Crippen LogP contribution in [-0.2, 0) is 9.84 Å². The Morgan fingerprint density at radius 3 is 2.11 bits per heavy atom. The number of hydrogen-bond donors (Lipinski definition) is 1. The van der Waals surface area contributed by atoms with Gasteiger partial charge in [0.2, 0.25) is 9.84 Å². The van der Waals surface area contributed by atoms with E-state index in [1.165, 1.54) is 0 Å². The summed E-state index contributed by atoms with van der Waals surface area (Å²) in [5.74, 6) is 0. The molecule has 3 nitrogen and oxygen atoms in total. The quantitative estimate of drug-likeness (QED) is 0.935. The Hall–Kier alpha value is -2.07. The molecule has 0 amide bonds. The maximum Gasteiger partial charge on any atom is 0.208 e. The molecule has 0 atom stereocenters. The highest BCUT2D eigenvalue weighted by molar-refractivity contribution is 8.00. The van der Waals surface area contributed by atoms with Gasteiger partial charge >= 0.3 is 0 Å². The molecule has 2 aromatic carbocycles. The van der Waals surface area contributed by atoms with Gasteiger partial charge in [-0.3, -0.25) is 0 Å². The first-order valence-electron chi connectivity index (χ1n) is 5.85. The number of hydrogen-bond acceptors (Lipinski definition) is 3. The van der Waals surface area contributed by atoms with Crippen LogP contribution >= 0.6 is 0 Å². The lowest BCUT2D eigenvalue weighted by atomic mass is 10.2. The van der Waals surface area contributed by atoms with Gasteiger partial charge in [0.25, 0.3) is 0 Å². The zero-order valence-corrected chi connectivity index (χ0v) is 11.4. The molecule has 0 aromatic heterocycles. The Morgan fingerprint density at radius 1 is 1.00 bits per heavy atom. The van der Waals surface area contributed by atoms with E-state index < -0.39 is 9.84 Å². The van der Waals surface area contributed by atoms with Crippen LogP contribution in [0.2, 0.25) is 0 Å². The smallest absolute Gasteiger partial charge is 0.208 e. The van der Waals surface area contributed by atoms with E-state index in [-0.39, 0.29) is 9.80 Å². The minimum Gasteiger partial charge on any atom is -0.404 e. The normalized spacial score (nSPS) is 12.4. The zero-order valence-electron chi connectivity index (χ0n) is 10.6. The molecule has 0 aliphatic heterocycles. The molecule has 2 N–H and O–H groups in total. The minimum atomic E-state index is -3.58. The highest BCUT2D eigenvalue weighted by atomic mass is 32.2. The van der Waals surface area contributed by atoms with Crippen LogP contribution in [0.5, 0.6) is 0 Å². The number of benzene rings is 2. The first-order valence-corrected chi connectivity index (χ1v) is 7.33. The fourth-order valence-electron chi connectivity index (χ4n) is 1.79. The fourth-order valence-corrected chi connectivity index (χ4v) is 3.16. The van der Waals surface area contributed by atoms with Crippen molar-refractivity contribution in [1.29, 1.82) is 0 Å². The number of sulfone groups is 1. The van der Waals surface area contributed by atoms with Gasteiger partial charge in [-0.25, -0.2) is 8.42 Å². The number of nitrogens with two attached hydrogens (primary N) is 1. The molecule has 0 spiro atoms. The number of rotatable bonds is 3. The molecular weight excluding hydrogens is 258 g/mol. The van der Waals surface area contributed by atoms with Gasteiger partial charge in [0.15, 0.2) is 0 Å². The molecule has 0 unspecified atom stereocenters. The Labute approximate surface area is 113 Å². The maximum atomic E-state index is 12.5. The van der Waals surface area contributed by atoms with E-state index in [2.05, 4.69) is 0 Å². The first-order chi connectivity index (χ1) is 9.05. The average molecular weight is 273 g/mol. The van der Waals surface area contributed by atoms with Crippen LogP contribution in [0.25, 0.3) is 4.91 Å². The van der Waals surface area contributed by atoms with Crippen molar-refractivity contribution in [3.05, 3.63) is 71.9 Å². The van der Waals surface area contributed by atoms with Gasteiger partial charge in [-0.2, -0.15) is 0 Å². The second kappa shape index (κ2) is 5.28. The van der Waals surface area contributed by atoms with Crippen molar-refractivity contribution >= 4 is 14.7 Å². The molecular formula is C15H15NO2S. The molecule has 0 aliphatic carbocycles. The summed E-state index contributed by atoms with van der Waals surface area (Å²) in [4.78, 5) is 0.371. The molecule has 0 fully saturated rings. The van der Waals surface area contributed by atoms with E-state index in [1.807, 2.05) is 13.0 Å². The van der Waals surface area contributed by atoms with Crippen molar-refractivity contribution in [3.8, 4) is 0 Å². The second-order valence-electron chi connectivity index (χ2n) is 4.21. The molecule has 4 heteroatoms. The molecule has 0 saturated heterocycles. The Morgan fingerprint density at radius 2 is 1.58 bits per heavy atom.